The maximum atomic E-state index is 3.51. The predicted octanol–water partition coefficient (Wildman–Crippen LogP) is 2.39. The molecular formula is C15H22N2S. The molecule has 98 valence electrons. The van der Waals surface area contributed by atoms with Crippen LogP contribution >= 0.6 is 11.8 Å². The van der Waals surface area contributed by atoms with Crippen LogP contribution < -0.4 is 5.32 Å². The summed E-state index contributed by atoms with van der Waals surface area (Å²) in [4.78, 5) is 4.06. The number of piperidine rings is 1. The molecule has 1 N–H and O–H groups in total. The Morgan fingerprint density at radius 1 is 1.39 bits per heavy atom. The summed E-state index contributed by atoms with van der Waals surface area (Å²) in [6.45, 7) is 3.58. The highest BCUT2D eigenvalue weighted by Crippen LogP contribution is 2.37. The molecule has 2 atom stereocenters. The van der Waals surface area contributed by atoms with Crippen molar-refractivity contribution in [2.45, 2.75) is 35.4 Å². The molecule has 1 aromatic carbocycles. The van der Waals surface area contributed by atoms with Gasteiger partial charge in [-0.15, -0.1) is 11.8 Å². The van der Waals surface area contributed by atoms with Crippen molar-refractivity contribution in [3.05, 3.63) is 29.8 Å². The number of fused-ring (bicyclic) bond motifs is 1. The van der Waals surface area contributed by atoms with Crippen LogP contribution in [0.15, 0.2) is 29.2 Å². The van der Waals surface area contributed by atoms with Crippen LogP contribution in [0.5, 0.6) is 0 Å². The van der Waals surface area contributed by atoms with Gasteiger partial charge in [0.25, 0.3) is 0 Å². The lowest BCUT2D eigenvalue weighted by molar-refractivity contribution is 0.204. The second kappa shape index (κ2) is 5.64. The summed E-state index contributed by atoms with van der Waals surface area (Å²) in [5.41, 5.74) is 1.54. The molecule has 0 aromatic heterocycles. The quantitative estimate of drug-likeness (QED) is 0.900. The molecule has 18 heavy (non-hydrogen) atoms. The Morgan fingerprint density at radius 3 is 3.06 bits per heavy atom. The summed E-state index contributed by atoms with van der Waals surface area (Å²) in [6.07, 6.45) is 3.92. The van der Waals surface area contributed by atoms with Crippen molar-refractivity contribution in [2.75, 3.05) is 26.7 Å². The van der Waals surface area contributed by atoms with Crippen LogP contribution in [0.1, 0.15) is 18.4 Å². The van der Waals surface area contributed by atoms with Crippen LogP contribution in [0.3, 0.4) is 0 Å². The average molecular weight is 262 g/mol. The van der Waals surface area contributed by atoms with Gasteiger partial charge in [-0.1, -0.05) is 18.2 Å². The first-order valence-electron chi connectivity index (χ1n) is 6.98. The minimum Gasteiger partial charge on any atom is -0.315 e. The smallest absolute Gasteiger partial charge is 0.0263 e. The number of thioether (sulfide) groups is 1. The lowest BCUT2D eigenvalue weighted by Crippen LogP contribution is -2.46. The SMILES string of the molecule is CN(CC1Cc2ccccc2S1)C1CCCNC1. The summed E-state index contributed by atoms with van der Waals surface area (Å²) in [7, 11) is 2.29. The zero-order valence-corrected chi connectivity index (χ0v) is 11.9. The maximum absolute atomic E-state index is 3.51. The average Bonchev–Trinajstić information content (AvgIpc) is 2.82. The first-order chi connectivity index (χ1) is 8.83. The van der Waals surface area contributed by atoms with Gasteiger partial charge in [-0.3, -0.25) is 0 Å². The molecule has 0 aliphatic carbocycles. The summed E-state index contributed by atoms with van der Waals surface area (Å²) >= 11 is 2.07. The summed E-state index contributed by atoms with van der Waals surface area (Å²) in [5.74, 6) is 0. The lowest BCUT2D eigenvalue weighted by atomic mass is 10.1. The van der Waals surface area contributed by atoms with Gasteiger partial charge in [-0.05, 0) is 44.5 Å². The van der Waals surface area contributed by atoms with E-state index >= 15 is 0 Å². The molecule has 1 saturated heterocycles. The third-order valence-corrected chi connectivity index (χ3v) is 5.40. The fourth-order valence-electron chi connectivity index (χ4n) is 3.04. The maximum Gasteiger partial charge on any atom is 0.0263 e. The minimum atomic E-state index is 0.739. The standard InChI is InChI=1S/C15H22N2S/c1-17(13-6-4-8-16-10-13)11-14-9-12-5-2-3-7-15(12)18-14/h2-3,5,7,13-14,16H,4,6,8-11H2,1H3. The van der Waals surface area contributed by atoms with Gasteiger partial charge >= 0.3 is 0 Å². The van der Waals surface area contributed by atoms with Crippen molar-refractivity contribution in [2.24, 2.45) is 0 Å². The van der Waals surface area contributed by atoms with E-state index in [4.69, 9.17) is 0 Å². The number of hydrogen-bond donors (Lipinski definition) is 1. The molecule has 1 aromatic rings. The summed E-state index contributed by atoms with van der Waals surface area (Å²) in [5, 5.41) is 4.25. The number of rotatable bonds is 3. The van der Waals surface area contributed by atoms with Crippen LogP contribution in [0.25, 0.3) is 0 Å². The second-order valence-corrected chi connectivity index (χ2v) is 6.83. The van der Waals surface area contributed by atoms with E-state index in [-0.39, 0.29) is 0 Å². The van der Waals surface area contributed by atoms with Gasteiger partial charge in [0.15, 0.2) is 0 Å². The van der Waals surface area contributed by atoms with E-state index in [1.807, 2.05) is 0 Å². The molecule has 0 amide bonds. The van der Waals surface area contributed by atoms with Gasteiger partial charge in [-0.25, -0.2) is 0 Å². The first-order valence-corrected chi connectivity index (χ1v) is 7.86. The van der Waals surface area contributed by atoms with Gasteiger partial charge in [0.1, 0.15) is 0 Å². The van der Waals surface area contributed by atoms with Crippen molar-refractivity contribution in [1.82, 2.24) is 10.2 Å². The van der Waals surface area contributed by atoms with E-state index in [0.29, 0.717) is 0 Å². The van der Waals surface area contributed by atoms with Crippen LogP contribution in [0.2, 0.25) is 0 Å². The van der Waals surface area contributed by atoms with Crippen molar-refractivity contribution in [3.63, 3.8) is 0 Å². The molecular weight excluding hydrogens is 240 g/mol. The molecule has 2 aliphatic heterocycles. The molecule has 3 rings (SSSR count). The zero-order chi connectivity index (χ0) is 12.4. The van der Waals surface area contributed by atoms with E-state index in [9.17, 15) is 0 Å². The highest BCUT2D eigenvalue weighted by atomic mass is 32.2. The summed E-state index contributed by atoms with van der Waals surface area (Å²) in [6, 6.07) is 9.61. The molecule has 2 aliphatic rings. The van der Waals surface area contributed by atoms with E-state index in [2.05, 4.69) is 53.3 Å². The van der Waals surface area contributed by atoms with Crippen LogP contribution in [0.4, 0.5) is 0 Å². The monoisotopic (exact) mass is 262 g/mol. The van der Waals surface area contributed by atoms with Crippen molar-refractivity contribution in [3.8, 4) is 0 Å². The molecule has 2 unspecified atom stereocenters. The van der Waals surface area contributed by atoms with Gasteiger partial charge in [0, 0.05) is 29.3 Å². The van der Waals surface area contributed by atoms with Crippen molar-refractivity contribution >= 4 is 11.8 Å². The molecule has 3 heteroatoms. The predicted molar refractivity (Wildman–Crippen MR) is 78.3 cm³/mol. The summed E-state index contributed by atoms with van der Waals surface area (Å²) < 4.78 is 0. The third kappa shape index (κ3) is 2.73. The Kier molecular flexibility index (Phi) is 3.92. The Hall–Kier alpha value is -0.510. The molecule has 0 radical (unpaired) electrons. The normalized spacial score (nSPS) is 27.4. The third-order valence-electron chi connectivity index (χ3n) is 4.10. The number of nitrogens with zero attached hydrogens (tertiary/aromatic N) is 1. The number of hydrogen-bond acceptors (Lipinski definition) is 3. The highest BCUT2D eigenvalue weighted by Gasteiger charge is 2.25. The largest absolute Gasteiger partial charge is 0.315 e. The van der Waals surface area contributed by atoms with Crippen molar-refractivity contribution < 1.29 is 0 Å². The molecule has 2 heterocycles. The van der Waals surface area contributed by atoms with Gasteiger partial charge < -0.3 is 10.2 Å². The first kappa shape index (κ1) is 12.5. The van der Waals surface area contributed by atoms with Crippen LogP contribution in [-0.2, 0) is 6.42 Å². The fourth-order valence-corrected chi connectivity index (χ4v) is 4.43. The van der Waals surface area contributed by atoms with Gasteiger partial charge in [-0.2, -0.15) is 0 Å². The molecule has 1 fully saturated rings. The zero-order valence-electron chi connectivity index (χ0n) is 11.1. The number of benzene rings is 1. The van der Waals surface area contributed by atoms with Gasteiger partial charge in [0.2, 0.25) is 0 Å². The van der Waals surface area contributed by atoms with Crippen LogP contribution in [-0.4, -0.2) is 42.9 Å². The molecule has 0 bridgehead atoms. The number of likely N-dealkylation sites (N-methyl/N-ethyl adjacent to an activating group) is 1. The lowest BCUT2D eigenvalue weighted by Gasteiger charge is -2.33. The van der Waals surface area contributed by atoms with Crippen LogP contribution in [0, 0.1) is 0 Å². The molecule has 0 spiro atoms. The fraction of sp³-hybridized carbons (Fsp3) is 0.600. The van der Waals surface area contributed by atoms with E-state index in [1.165, 1.54) is 43.8 Å². The van der Waals surface area contributed by atoms with Gasteiger partial charge in [0.05, 0.1) is 0 Å². The number of nitrogens with one attached hydrogen (secondary N) is 1. The van der Waals surface area contributed by atoms with E-state index < -0.39 is 0 Å². The Labute approximate surface area is 114 Å². The van der Waals surface area contributed by atoms with E-state index in [0.717, 1.165) is 11.3 Å². The molecule has 2 nitrogen and oxygen atoms in total. The Morgan fingerprint density at radius 2 is 2.28 bits per heavy atom. The second-order valence-electron chi connectivity index (χ2n) is 5.49. The Balaban J connectivity index is 1.55. The molecule has 0 saturated carbocycles. The highest BCUT2D eigenvalue weighted by molar-refractivity contribution is 8.00. The van der Waals surface area contributed by atoms with E-state index in [1.54, 1.807) is 5.56 Å². The Bertz CT molecular complexity index is 376. The minimum absolute atomic E-state index is 0.739. The van der Waals surface area contributed by atoms with Crippen molar-refractivity contribution in [1.29, 1.82) is 0 Å². The topological polar surface area (TPSA) is 15.3 Å².